The van der Waals surface area contributed by atoms with Gasteiger partial charge in [0.05, 0.1) is 4.92 Å². The van der Waals surface area contributed by atoms with E-state index in [1.165, 1.54) is 6.07 Å². The molecule has 0 radical (unpaired) electrons. The Bertz CT molecular complexity index is 433. The van der Waals surface area contributed by atoms with Gasteiger partial charge in [0.15, 0.2) is 4.34 Å². The molecule has 1 aromatic heterocycles. The summed E-state index contributed by atoms with van der Waals surface area (Å²) in [5, 5.41) is 13.2. The molecule has 0 atom stereocenters. The number of hydrogen-bond acceptors (Lipinski definition) is 5. The third kappa shape index (κ3) is 3.95. The molecule has 0 unspecified atom stereocenters. The fraction of sp³-hybridized carbons (Fsp3) is 0.444. The first kappa shape index (κ1) is 13.9. The maximum absolute atomic E-state index is 11.6. The van der Waals surface area contributed by atoms with Gasteiger partial charge in [-0.05, 0) is 14.1 Å². The van der Waals surface area contributed by atoms with Crippen LogP contribution in [0.4, 0.5) is 5.69 Å². The molecule has 1 rings (SSSR count). The van der Waals surface area contributed by atoms with E-state index >= 15 is 0 Å². The first-order valence-electron chi connectivity index (χ1n) is 4.78. The van der Waals surface area contributed by atoms with Gasteiger partial charge in [-0.25, -0.2) is 0 Å². The van der Waals surface area contributed by atoms with Gasteiger partial charge in [-0.1, -0.05) is 11.6 Å². The van der Waals surface area contributed by atoms with E-state index in [0.717, 1.165) is 11.3 Å². The molecule has 0 fully saturated rings. The van der Waals surface area contributed by atoms with E-state index in [1.54, 1.807) is 0 Å². The highest BCUT2D eigenvalue weighted by molar-refractivity contribution is 7.18. The number of nitro groups is 1. The van der Waals surface area contributed by atoms with E-state index in [1.807, 2.05) is 19.0 Å². The lowest BCUT2D eigenvalue weighted by Crippen LogP contribution is -2.30. The van der Waals surface area contributed by atoms with Crippen LogP contribution in [0.1, 0.15) is 9.67 Å². The van der Waals surface area contributed by atoms with Gasteiger partial charge < -0.3 is 10.2 Å². The van der Waals surface area contributed by atoms with Crippen molar-refractivity contribution < 1.29 is 9.72 Å². The second-order valence-corrected chi connectivity index (χ2v) is 5.24. The number of nitrogens with one attached hydrogen (secondary N) is 1. The lowest BCUT2D eigenvalue weighted by Gasteiger charge is -2.09. The first-order chi connectivity index (χ1) is 7.91. The highest BCUT2D eigenvalue weighted by atomic mass is 35.5. The zero-order chi connectivity index (χ0) is 13.0. The number of rotatable bonds is 5. The number of carbonyl (C=O) groups excluding carboxylic acids is 1. The lowest BCUT2D eigenvalue weighted by molar-refractivity contribution is -0.384. The maximum Gasteiger partial charge on any atom is 0.299 e. The van der Waals surface area contributed by atoms with Crippen LogP contribution in [-0.4, -0.2) is 42.9 Å². The Morgan fingerprint density at radius 1 is 1.65 bits per heavy atom. The van der Waals surface area contributed by atoms with Gasteiger partial charge in [0.2, 0.25) is 0 Å². The Morgan fingerprint density at radius 3 is 2.76 bits per heavy atom. The Hall–Kier alpha value is -1.18. The molecule has 0 saturated heterocycles. The van der Waals surface area contributed by atoms with Crippen molar-refractivity contribution >= 4 is 34.5 Å². The third-order valence-corrected chi connectivity index (χ3v) is 3.27. The largest absolute Gasteiger partial charge is 0.350 e. The van der Waals surface area contributed by atoms with E-state index in [4.69, 9.17) is 11.6 Å². The average molecular weight is 278 g/mol. The summed E-state index contributed by atoms with van der Waals surface area (Å²) in [7, 11) is 3.78. The van der Waals surface area contributed by atoms with Gasteiger partial charge in [-0.15, -0.1) is 11.3 Å². The van der Waals surface area contributed by atoms with Crippen LogP contribution in [0, 0.1) is 10.1 Å². The number of thiophene rings is 1. The minimum absolute atomic E-state index is 0.0211. The van der Waals surface area contributed by atoms with Gasteiger partial charge >= 0.3 is 0 Å². The SMILES string of the molecule is CN(C)CCNC(=O)c1cc([N+](=O)[O-])c(Cl)s1. The topological polar surface area (TPSA) is 75.5 Å². The van der Waals surface area contributed by atoms with E-state index in [2.05, 4.69) is 5.32 Å². The summed E-state index contributed by atoms with van der Waals surface area (Å²) >= 11 is 6.56. The fourth-order valence-electron chi connectivity index (χ4n) is 1.08. The van der Waals surface area contributed by atoms with Gasteiger partial charge in [-0.2, -0.15) is 0 Å². The number of likely N-dealkylation sites (N-methyl/N-ethyl adjacent to an activating group) is 1. The summed E-state index contributed by atoms with van der Waals surface area (Å²) in [5.74, 6) is -0.341. The molecule has 0 spiro atoms. The number of nitrogens with zero attached hydrogens (tertiary/aromatic N) is 2. The second-order valence-electron chi connectivity index (χ2n) is 3.59. The first-order valence-corrected chi connectivity index (χ1v) is 5.98. The van der Waals surface area contributed by atoms with Gasteiger partial charge in [0.25, 0.3) is 11.6 Å². The molecule has 17 heavy (non-hydrogen) atoms. The van der Waals surface area contributed by atoms with Crippen molar-refractivity contribution in [2.75, 3.05) is 27.2 Å². The molecule has 0 aromatic carbocycles. The highest BCUT2D eigenvalue weighted by Gasteiger charge is 2.20. The predicted molar refractivity (Wildman–Crippen MR) is 66.9 cm³/mol. The number of amides is 1. The molecular weight excluding hydrogens is 266 g/mol. The van der Waals surface area contributed by atoms with E-state index < -0.39 is 4.92 Å². The van der Waals surface area contributed by atoms with Crippen molar-refractivity contribution in [3.63, 3.8) is 0 Å². The number of hydrogen-bond donors (Lipinski definition) is 1. The molecule has 0 aliphatic rings. The molecular formula is C9H12ClN3O3S. The van der Waals surface area contributed by atoms with E-state index in [9.17, 15) is 14.9 Å². The van der Waals surface area contributed by atoms with Crippen LogP contribution in [0.15, 0.2) is 6.07 Å². The number of halogens is 1. The highest BCUT2D eigenvalue weighted by Crippen LogP contribution is 2.33. The van der Waals surface area contributed by atoms with Crippen molar-refractivity contribution in [1.82, 2.24) is 10.2 Å². The second kappa shape index (κ2) is 5.95. The van der Waals surface area contributed by atoms with Crippen molar-refractivity contribution in [3.05, 3.63) is 25.4 Å². The molecule has 1 heterocycles. The van der Waals surface area contributed by atoms with E-state index in [0.29, 0.717) is 13.1 Å². The van der Waals surface area contributed by atoms with Gasteiger partial charge in [-0.3, -0.25) is 14.9 Å². The summed E-state index contributed by atoms with van der Waals surface area (Å²) in [6.07, 6.45) is 0. The van der Waals surface area contributed by atoms with Crippen LogP contribution in [0.2, 0.25) is 4.34 Å². The van der Waals surface area contributed by atoms with Crippen LogP contribution in [0.25, 0.3) is 0 Å². The Labute approximate surface area is 107 Å². The molecule has 0 bridgehead atoms. The zero-order valence-corrected chi connectivity index (χ0v) is 11.0. The van der Waals surface area contributed by atoms with Crippen LogP contribution in [0.5, 0.6) is 0 Å². The lowest BCUT2D eigenvalue weighted by atomic mass is 10.4. The Balaban J connectivity index is 2.64. The molecule has 8 heteroatoms. The van der Waals surface area contributed by atoms with E-state index in [-0.39, 0.29) is 20.8 Å². The summed E-state index contributed by atoms with van der Waals surface area (Å²) < 4.78 is 0.0211. The third-order valence-electron chi connectivity index (χ3n) is 1.93. The van der Waals surface area contributed by atoms with Crippen molar-refractivity contribution in [3.8, 4) is 0 Å². The molecule has 1 amide bonds. The summed E-state index contributed by atoms with van der Waals surface area (Å²) in [4.78, 5) is 23.7. The molecule has 0 aliphatic heterocycles. The number of carbonyl (C=O) groups is 1. The van der Waals surface area contributed by atoms with Gasteiger partial charge in [0, 0.05) is 19.2 Å². The average Bonchev–Trinajstić information content (AvgIpc) is 2.59. The minimum Gasteiger partial charge on any atom is -0.350 e. The summed E-state index contributed by atoms with van der Waals surface area (Å²) in [5.41, 5.74) is -0.227. The molecule has 1 N–H and O–H groups in total. The summed E-state index contributed by atoms with van der Waals surface area (Å²) in [6, 6.07) is 1.19. The fourth-order valence-corrected chi connectivity index (χ4v) is 2.22. The van der Waals surface area contributed by atoms with Gasteiger partial charge in [0.1, 0.15) is 4.88 Å². The molecule has 0 saturated carbocycles. The Morgan fingerprint density at radius 2 is 2.29 bits per heavy atom. The maximum atomic E-state index is 11.6. The van der Waals surface area contributed by atoms with Crippen molar-refractivity contribution in [1.29, 1.82) is 0 Å². The zero-order valence-electron chi connectivity index (χ0n) is 9.40. The standard InChI is InChI=1S/C9H12ClN3O3S/c1-12(2)4-3-11-9(14)7-5-6(13(15)16)8(10)17-7/h5H,3-4H2,1-2H3,(H,11,14). The molecule has 6 nitrogen and oxygen atoms in total. The Kier molecular flexibility index (Phi) is 4.86. The normalized spacial score (nSPS) is 10.6. The molecule has 0 aliphatic carbocycles. The molecule has 1 aromatic rings. The quantitative estimate of drug-likeness (QED) is 0.655. The monoisotopic (exact) mass is 277 g/mol. The van der Waals surface area contributed by atoms with Crippen LogP contribution in [-0.2, 0) is 0 Å². The van der Waals surface area contributed by atoms with Crippen LogP contribution in [0.3, 0.4) is 0 Å². The predicted octanol–water partition coefficient (Wildman–Crippen LogP) is 1.60. The van der Waals surface area contributed by atoms with Crippen molar-refractivity contribution in [2.24, 2.45) is 0 Å². The smallest absolute Gasteiger partial charge is 0.299 e. The minimum atomic E-state index is -0.602. The van der Waals surface area contributed by atoms with Crippen LogP contribution < -0.4 is 5.32 Å². The van der Waals surface area contributed by atoms with Crippen LogP contribution >= 0.6 is 22.9 Å². The van der Waals surface area contributed by atoms with Crippen molar-refractivity contribution in [2.45, 2.75) is 0 Å². The molecule has 94 valence electrons. The summed E-state index contributed by atoms with van der Waals surface area (Å²) in [6.45, 7) is 1.18.